The summed E-state index contributed by atoms with van der Waals surface area (Å²) in [6, 6.07) is 12.9. The van der Waals surface area contributed by atoms with Crippen molar-refractivity contribution in [1.29, 1.82) is 0 Å². The average Bonchev–Trinajstić information content (AvgIpc) is 2.61. The third-order valence-electron chi connectivity index (χ3n) is 4.09. The van der Waals surface area contributed by atoms with E-state index in [1.807, 2.05) is 13.0 Å². The summed E-state index contributed by atoms with van der Waals surface area (Å²) in [6.07, 6.45) is 1.55. The van der Waals surface area contributed by atoms with Crippen LogP contribution in [-0.2, 0) is 0 Å². The average molecular weight is 382 g/mol. The largest absolute Gasteiger partial charge is 0.346 e. The molecule has 0 atom stereocenters. The van der Waals surface area contributed by atoms with Gasteiger partial charge in [-0.05, 0) is 55.0 Å². The van der Waals surface area contributed by atoms with E-state index in [0.717, 1.165) is 22.4 Å². The zero-order valence-electron chi connectivity index (χ0n) is 13.8. The fourth-order valence-corrected chi connectivity index (χ4v) is 3.18. The van der Waals surface area contributed by atoms with Crippen LogP contribution in [0.4, 0.5) is 4.39 Å². The molecule has 4 aromatic rings. The van der Waals surface area contributed by atoms with Crippen LogP contribution in [0.5, 0.6) is 0 Å². The van der Waals surface area contributed by atoms with Crippen LogP contribution in [0, 0.1) is 12.7 Å². The number of H-pyrrole nitrogens is 1. The second-order valence-electron chi connectivity index (χ2n) is 5.95. The van der Waals surface area contributed by atoms with E-state index in [1.165, 1.54) is 18.2 Å². The number of rotatable bonds is 2. The van der Waals surface area contributed by atoms with Crippen LogP contribution in [-0.4, -0.2) is 15.0 Å². The first-order chi connectivity index (χ1) is 12.5. The Labute approximate surface area is 160 Å². The standard InChI is InChI=1S/C20H13ClFN3O.CH4/c1-11-8-13(9-18(21)24-11)15-10-16-17(26)6-7-23-20(16)25-19(15)12-2-4-14(22)5-3-12;/h2-10H,1H3,(H,23,25,26);1H4. The summed E-state index contributed by atoms with van der Waals surface area (Å²) >= 11 is 6.12. The van der Waals surface area contributed by atoms with Gasteiger partial charge in [0, 0.05) is 29.1 Å². The van der Waals surface area contributed by atoms with Gasteiger partial charge in [-0.15, -0.1) is 0 Å². The fourth-order valence-electron chi connectivity index (χ4n) is 2.93. The second kappa shape index (κ2) is 7.29. The van der Waals surface area contributed by atoms with Gasteiger partial charge in [-0.2, -0.15) is 0 Å². The molecule has 0 fully saturated rings. The van der Waals surface area contributed by atoms with Crippen molar-refractivity contribution in [2.45, 2.75) is 14.4 Å². The number of hydrogen-bond donors (Lipinski definition) is 1. The van der Waals surface area contributed by atoms with Crippen LogP contribution < -0.4 is 5.43 Å². The lowest BCUT2D eigenvalue weighted by Crippen LogP contribution is -2.03. The Kier molecular flexibility index (Phi) is 5.06. The molecule has 0 bridgehead atoms. The Morgan fingerprint density at radius 1 is 1.00 bits per heavy atom. The van der Waals surface area contributed by atoms with Crippen molar-refractivity contribution >= 4 is 22.6 Å². The van der Waals surface area contributed by atoms with Gasteiger partial charge in [-0.25, -0.2) is 14.4 Å². The van der Waals surface area contributed by atoms with Crippen LogP contribution in [0.15, 0.2) is 59.5 Å². The lowest BCUT2D eigenvalue weighted by molar-refractivity contribution is 0.628. The maximum atomic E-state index is 13.3. The SMILES string of the molecule is C.Cc1cc(-c2cc3c(=O)cc[nH]c3nc2-c2ccc(F)cc2)cc(Cl)n1. The number of aromatic nitrogens is 3. The monoisotopic (exact) mass is 381 g/mol. The minimum atomic E-state index is -0.327. The van der Waals surface area contributed by atoms with E-state index in [1.54, 1.807) is 30.5 Å². The Morgan fingerprint density at radius 3 is 2.44 bits per heavy atom. The molecule has 0 saturated heterocycles. The number of aromatic amines is 1. The van der Waals surface area contributed by atoms with Gasteiger partial charge in [-0.1, -0.05) is 19.0 Å². The molecule has 6 heteroatoms. The highest BCUT2D eigenvalue weighted by molar-refractivity contribution is 6.29. The molecule has 0 saturated carbocycles. The molecule has 3 heterocycles. The molecule has 0 aliphatic rings. The van der Waals surface area contributed by atoms with Gasteiger partial charge in [0.1, 0.15) is 16.6 Å². The van der Waals surface area contributed by atoms with Crippen molar-refractivity contribution in [3.63, 3.8) is 0 Å². The number of nitrogens with zero attached hydrogens (tertiary/aromatic N) is 2. The number of halogens is 2. The van der Waals surface area contributed by atoms with Gasteiger partial charge >= 0.3 is 0 Å². The fraction of sp³-hybridized carbons (Fsp3) is 0.0952. The molecule has 3 aromatic heterocycles. The maximum Gasteiger partial charge on any atom is 0.191 e. The number of fused-ring (bicyclic) bond motifs is 1. The highest BCUT2D eigenvalue weighted by Crippen LogP contribution is 2.33. The van der Waals surface area contributed by atoms with Crippen molar-refractivity contribution < 1.29 is 4.39 Å². The number of pyridine rings is 3. The van der Waals surface area contributed by atoms with Crippen LogP contribution in [0.3, 0.4) is 0 Å². The summed E-state index contributed by atoms with van der Waals surface area (Å²) in [6.45, 7) is 1.84. The zero-order valence-corrected chi connectivity index (χ0v) is 14.5. The molecule has 1 aromatic carbocycles. The molecule has 1 N–H and O–H groups in total. The van der Waals surface area contributed by atoms with Gasteiger partial charge < -0.3 is 4.98 Å². The summed E-state index contributed by atoms with van der Waals surface area (Å²) in [5, 5.41) is 0.825. The van der Waals surface area contributed by atoms with Gasteiger partial charge in [-0.3, -0.25) is 4.79 Å². The first kappa shape index (κ1) is 18.7. The Hall–Kier alpha value is -3.05. The lowest BCUT2D eigenvalue weighted by Gasteiger charge is -2.12. The Bertz CT molecular complexity index is 1170. The second-order valence-corrected chi connectivity index (χ2v) is 6.34. The van der Waals surface area contributed by atoms with Crippen molar-refractivity contribution in [3.8, 4) is 22.4 Å². The van der Waals surface area contributed by atoms with Gasteiger partial charge in [0.05, 0.1) is 11.1 Å². The summed E-state index contributed by atoms with van der Waals surface area (Å²) in [5.41, 5.74) is 3.97. The molecule has 136 valence electrons. The van der Waals surface area contributed by atoms with Gasteiger partial charge in [0.2, 0.25) is 0 Å². The molecule has 0 unspecified atom stereocenters. The first-order valence-corrected chi connectivity index (χ1v) is 8.32. The number of hydrogen-bond acceptors (Lipinski definition) is 3. The summed E-state index contributed by atoms with van der Waals surface area (Å²) in [4.78, 5) is 24.0. The molecule has 4 rings (SSSR count). The van der Waals surface area contributed by atoms with Crippen molar-refractivity contribution in [2.24, 2.45) is 0 Å². The van der Waals surface area contributed by atoms with Crippen LogP contribution in [0.25, 0.3) is 33.4 Å². The summed E-state index contributed by atoms with van der Waals surface area (Å²) in [5.74, 6) is -0.327. The normalized spacial score (nSPS) is 10.6. The molecule has 27 heavy (non-hydrogen) atoms. The summed E-state index contributed by atoms with van der Waals surface area (Å²) < 4.78 is 13.3. The number of benzene rings is 1. The minimum Gasteiger partial charge on any atom is -0.346 e. The van der Waals surface area contributed by atoms with Crippen molar-refractivity contribution in [3.05, 3.63) is 81.6 Å². The van der Waals surface area contributed by atoms with Crippen LogP contribution in [0.1, 0.15) is 13.1 Å². The molecular formula is C21H17ClFN3O. The molecular weight excluding hydrogens is 365 g/mol. The number of nitrogens with one attached hydrogen (secondary N) is 1. The highest BCUT2D eigenvalue weighted by atomic mass is 35.5. The Balaban J connectivity index is 0.00000210. The number of aryl methyl sites for hydroxylation is 1. The van der Waals surface area contributed by atoms with E-state index >= 15 is 0 Å². The summed E-state index contributed by atoms with van der Waals surface area (Å²) in [7, 11) is 0. The Morgan fingerprint density at radius 2 is 1.74 bits per heavy atom. The molecule has 4 nitrogen and oxygen atoms in total. The predicted molar refractivity (Wildman–Crippen MR) is 107 cm³/mol. The van der Waals surface area contributed by atoms with Crippen LogP contribution in [0.2, 0.25) is 5.15 Å². The van der Waals surface area contributed by atoms with E-state index in [4.69, 9.17) is 11.6 Å². The van der Waals surface area contributed by atoms with Crippen molar-refractivity contribution in [1.82, 2.24) is 15.0 Å². The van der Waals surface area contributed by atoms with Gasteiger partial charge in [0.15, 0.2) is 5.43 Å². The minimum absolute atomic E-state index is 0. The van der Waals surface area contributed by atoms with Crippen molar-refractivity contribution in [2.75, 3.05) is 0 Å². The van der Waals surface area contributed by atoms with E-state index in [9.17, 15) is 9.18 Å². The molecule has 0 aliphatic carbocycles. The van der Waals surface area contributed by atoms with E-state index in [2.05, 4.69) is 15.0 Å². The molecule has 0 radical (unpaired) electrons. The van der Waals surface area contributed by atoms with E-state index in [-0.39, 0.29) is 18.7 Å². The molecule has 0 amide bonds. The zero-order chi connectivity index (χ0) is 18.3. The van der Waals surface area contributed by atoms with E-state index in [0.29, 0.717) is 21.9 Å². The quantitative estimate of drug-likeness (QED) is 0.473. The molecule has 0 spiro atoms. The van der Waals surface area contributed by atoms with Crippen LogP contribution >= 0.6 is 11.6 Å². The molecule has 0 aliphatic heterocycles. The smallest absolute Gasteiger partial charge is 0.191 e. The topological polar surface area (TPSA) is 58.6 Å². The third kappa shape index (κ3) is 3.59. The third-order valence-corrected chi connectivity index (χ3v) is 4.29. The highest BCUT2D eigenvalue weighted by Gasteiger charge is 2.14. The van der Waals surface area contributed by atoms with E-state index < -0.39 is 0 Å². The maximum absolute atomic E-state index is 13.3. The lowest BCUT2D eigenvalue weighted by atomic mass is 9.98. The van der Waals surface area contributed by atoms with Gasteiger partial charge in [0.25, 0.3) is 0 Å². The predicted octanol–water partition coefficient (Wildman–Crippen LogP) is 5.39. The first-order valence-electron chi connectivity index (χ1n) is 7.94.